The van der Waals surface area contributed by atoms with E-state index < -0.39 is 0 Å². The second-order valence-electron chi connectivity index (χ2n) is 5.44. The number of amides is 2. The quantitative estimate of drug-likeness (QED) is 0.752. The predicted molar refractivity (Wildman–Crippen MR) is 105 cm³/mol. The van der Waals surface area contributed by atoms with Crippen LogP contribution in [0.25, 0.3) is 6.08 Å². The van der Waals surface area contributed by atoms with Crippen molar-refractivity contribution in [2.24, 2.45) is 0 Å². The molecule has 2 rings (SSSR count). The molecule has 136 valence electrons. The first-order valence-corrected chi connectivity index (χ1v) is 8.47. The normalized spacial score (nSPS) is 10.6. The number of benzene rings is 2. The molecule has 0 saturated carbocycles. The van der Waals surface area contributed by atoms with Crippen LogP contribution in [0.1, 0.15) is 5.56 Å². The molecule has 26 heavy (non-hydrogen) atoms. The van der Waals surface area contributed by atoms with Gasteiger partial charge in [0, 0.05) is 34.4 Å². The van der Waals surface area contributed by atoms with Crippen LogP contribution in [0.4, 0.5) is 5.69 Å². The maximum Gasteiger partial charge on any atom is 0.246 e. The number of likely N-dealkylation sites (N-methyl/N-ethyl adjacent to an activating group) is 1. The molecule has 0 fully saturated rings. The number of carbonyl (C=O) groups is 2. The summed E-state index contributed by atoms with van der Waals surface area (Å²) >= 11 is 12.1. The summed E-state index contributed by atoms with van der Waals surface area (Å²) in [5.41, 5.74) is 1.18. The molecule has 1 N–H and O–H groups in total. The van der Waals surface area contributed by atoms with Crippen LogP contribution in [-0.4, -0.2) is 37.4 Å². The lowest BCUT2D eigenvalue weighted by Crippen LogP contribution is -2.33. The van der Waals surface area contributed by atoms with E-state index in [4.69, 9.17) is 27.9 Å². The molecule has 0 aliphatic rings. The van der Waals surface area contributed by atoms with E-state index in [1.54, 1.807) is 49.6 Å². The molecule has 5 nitrogen and oxygen atoms in total. The van der Waals surface area contributed by atoms with Crippen molar-refractivity contribution >= 4 is 46.8 Å². The van der Waals surface area contributed by atoms with Gasteiger partial charge in [0.1, 0.15) is 5.75 Å². The minimum Gasteiger partial charge on any atom is -0.497 e. The van der Waals surface area contributed by atoms with Crippen LogP contribution < -0.4 is 10.1 Å². The predicted octanol–water partition coefficient (Wildman–Crippen LogP) is 4.11. The number of ether oxygens (including phenoxy) is 1. The Balaban J connectivity index is 1.93. The smallest absolute Gasteiger partial charge is 0.246 e. The van der Waals surface area contributed by atoms with E-state index in [0.717, 1.165) is 0 Å². The third kappa shape index (κ3) is 5.51. The lowest BCUT2D eigenvalue weighted by Gasteiger charge is -2.15. The number of nitrogens with zero attached hydrogens (tertiary/aromatic N) is 1. The number of anilines is 1. The number of hydrogen-bond acceptors (Lipinski definition) is 3. The summed E-state index contributed by atoms with van der Waals surface area (Å²) in [4.78, 5) is 25.5. The van der Waals surface area contributed by atoms with E-state index >= 15 is 0 Å². The lowest BCUT2D eigenvalue weighted by atomic mass is 10.2. The number of nitrogens with one attached hydrogen (secondary N) is 1. The van der Waals surface area contributed by atoms with Crippen molar-refractivity contribution in [2.45, 2.75) is 0 Å². The van der Waals surface area contributed by atoms with Gasteiger partial charge in [-0.15, -0.1) is 0 Å². The fourth-order valence-electron chi connectivity index (χ4n) is 2.12. The molecular formula is C19H18Cl2N2O3. The zero-order chi connectivity index (χ0) is 19.1. The first kappa shape index (κ1) is 19.8. The maximum atomic E-state index is 12.2. The van der Waals surface area contributed by atoms with Gasteiger partial charge in [0.2, 0.25) is 11.8 Å². The van der Waals surface area contributed by atoms with Crippen molar-refractivity contribution in [3.63, 3.8) is 0 Å². The number of halogens is 2. The van der Waals surface area contributed by atoms with Gasteiger partial charge in [0.15, 0.2) is 0 Å². The Hall–Kier alpha value is -2.50. The molecular weight excluding hydrogens is 375 g/mol. The molecule has 0 heterocycles. The first-order chi connectivity index (χ1) is 12.4. The third-order valence-electron chi connectivity index (χ3n) is 3.52. The summed E-state index contributed by atoms with van der Waals surface area (Å²) in [6.07, 6.45) is 2.86. The monoisotopic (exact) mass is 392 g/mol. The van der Waals surface area contributed by atoms with Gasteiger partial charge >= 0.3 is 0 Å². The van der Waals surface area contributed by atoms with E-state index in [0.29, 0.717) is 27.0 Å². The highest BCUT2D eigenvalue weighted by Crippen LogP contribution is 2.25. The molecule has 0 spiro atoms. The average Bonchev–Trinajstić information content (AvgIpc) is 2.61. The van der Waals surface area contributed by atoms with Crippen LogP contribution in [0.3, 0.4) is 0 Å². The van der Waals surface area contributed by atoms with E-state index in [1.807, 2.05) is 0 Å². The van der Waals surface area contributed by atoms with Crippen molar-refractivity contribution in [1.82, 2.24) is 4.90 Å². The highest BCUT2D eigenvalue weighted by Gasteiger charge is 2.11. The van der Waals surface area contributed by atoms with Crippen molar-refractivity contribution in [3.05, 3.63) is 64.1 Å². The molecule has 0 bridgehead atoms. The van der Waals surface area contributed by atoms with Crippen molar-refractivity contribution in [3.8, 4) is 5.75 Å². The maximum absolute atomic E-state index is 12.2. The summed E-state index contributed by atoms with van der Waals surface area (Å²) in [7, 11) is 3.10. The number of hydrogen-bond donors (Lipinski definition) is 1. The van der Waals surface area contributed by atoms with E-state index in [9.17, 15) is 9.59 Å². The van der Waals surface area contributed by atoms with Crippen LogP contribution in [0.5, 0.6) is 5.75 Å². The van der Waals surface area contributed by atoms with Crippen LogP contribution in [0.15, 0.2) is 48.5 Å². The van der Waals surface area contributed by atoms with Gasteiger partial charge in [-0.2, -0.15) is 0 Å². The average molecular weight is 393 g/mol. The molecule has 0 saturated heterocycles. The van der Waals surface area contributed by atoms with E-state index in [2.05, 4.69) is 5.32 Å². The SMILES string of the molecule is COc1ccc(NC(=O)CN(C)C(=O)/C=C/c2c(Cl)cccc2Cl)cc1. The molecule has 0 aromatic heterocycles. The Kier molecular flexibility index (Phi) is 7.06. The Labute approximate surface area is 162 Å². The minimum absolute atomic E-state index is 0.0918. The van der Waals surface area contributed by atoms with Gasteiger partial charge in [-0.1, -0.05) is 29.3 Å². The van der Waals surface area contributed by atoms with Gasteiger partial charge in [-0.3, -0.25) is 9.59 Å². The summed E-state index contributed by atoms with van der Waals surface area (Å²) < 4.78 is 5.06. The second kappa shape index (κ2) is 9.27. The molecule has 2 aromatic carbocycles. The second-order valence-corrected chi connectivity index (χ2v) is 6.25. The standard InChI is InChI=1S/C19H18Cl2N2O3/c1-23(12-18(24)22-13-6-8-14(26-2)9-7-13)19(25)11-10-15-16(20)4-3-5-17(15)21/h3-11H,12H2,1-2H3,(H,22,24)/b11-10+. The molecule has 0 unspecified atom stereocenters. The Morgan fingerprint density at radius 3 is 2.31 bits per heavy atom. The molecule has 0 radical (unpaired) electrons. The van der Waals surface area contributed by atoms with Gasteiger partial charge in [-0.05, 0) is 42.5 Å². The number of carbonyl (C=O) groups excluding carboxylic acids is 2. The fourth-order valence-corrected chi connectivity index (χ4v) is 2.64. The van der Waals surface area contributed by atoms with Crippen molar-refractivity contribution in [1.29, 1.82) is 0 Å². The molecule has 7 heteroatoms. The molecule has 0 aliphatic heterocycles. The highest BCUT2D eigenvalue weighted by atomic mass is 35.5. The summed E-state index contributed by atoms with van der Waals surface area (Å²) in [5.74, 6) is 0.0414. The highest BCUT2D eigenvalue weighted by molar-refractivity contribution is 6.37. The summed E-state index contributed by atoms with van der Waals surface area (Å²) in [6, 6.07) is 12.0. The summed E-state index contributed by atoms with van der Waals surface area (Å²) in [6.45, 7) is -0.0918. The molecule has 0 aliphatic carbocycles. The largest absolute Gasteiger partial charge is 0.497 e. The molecule has 2 amide bonds. The number of rotatable bonds is 6. The van der Waals surface area contributed by atoms with Gasteiger partial charge in [0.05, 0.1) is 13.7 Å². The fraction of sp³-hybridized carbons (Fsp3) is 0.158. The van der Waals surface area contributed by atoms with Crippen molar-refractivity contribution in [2.75, 3.05) is 26.0 Å². The Morgan fingerprint density at radius 1 is 1.12 bits per heavy atom. The van der Waals surface area contributed by atoms with E-state index in [-0.39, 0.29) is 18.4 Å². The Morgan fingerprint density at radius 2 is 1.73 bits per heavy atom. The minimum atomic E-state index is -0.342. The molecule has 0 atom stereocenters. The Bertz CT molecular complexity index is 800. The molecule has 2 aromatic rings. The lowest BCUT2D eigenvalue weighted by molar-refractivity contribution is -0.129. The van der Waals surface area contributed by atoms with E-state index in [1.165, 1.54) is 24.1 Å². The van der Waals surface area contributed by atoms with Crippen LogP contribution in [0, 0.1) is 0 Å². The third-order valence-corrected chi connectivity index (χ3v) is 4.18. The zero-order valence-corrected chi connectivity index (χ0v) is 15.8. The number of methoxy groups -OCH3 is 1. The van der Waals surface area contributed by atoms with Crippen LogP contribution >= 0.6 is 23.2 Å². The van der Waals surface area contributed by atoms with Crippen LogP contribution in [-0.2, 0) is 9.59 Å². The van der Waals surface area contributed by atoms with Crippen molar-refractivity contribution < 1.29 is 14.3 Å². The zero-order valence-electron chi connectivity index (χ0n) is 14.3. The topological polar surface area (TPSA) is 58.6 Å². The first-order valence-electron chi connectivity index (χ1n) is 7.72. The van der Waals surface area contributed by atoms with Gasteiger partial charge in [-0.25, -0.2) is 0 Å². The van der Waals surface area contributed by atoms with Crippen LogP contribution in [0.2, 0.25) is 10.0 Å². The van der Waals surface area contributed by atoms with Gasteiger partial charge < -0.3 is 15.0 Å². The summed E-state index contributed by atoms with van der Waals surface area (Å²) in [5, 5.41) is 3.61. The van der Waals surface area contributed by atoms with Gasteiger partial charge in [0.25, 0.3) is 0 Å².